The highest BCUT2D eigenvalue weighted by Crippen LogP contribution is 2.23. The Morgan fingerprint density at radius 3 is 2.52 bits per heavy atom. The molecule has 6 heteroatoms. The van der Waals surface area contributed by atoms with Crippen molar-refractivity contribution >= 4 is 21.7 Å². The van der Waals surface area contributed by atoms with Gasteiger partial charge in [-0.05, 0) is 29.8 Å². The second kappa shape index (κ2) is 7.08. The summed E-state index contributed by atoms with van der Waals surface area (Å²) in [4.78, 5) is 26.6. The van der Waals surface area contributed by atoms with Crippen LogP contribution in [0.5, 0.6) is 0 Å². The molecule has 1 atom stereocenters. The fraction of sp³-hybridized carbons (Fsp3) is 0.200. The van der Waals surface area contributed by atoms with Crippen LogP contribution in [0.2, 0.25) is 0 Å². The number of aromatic nitrogens is 1. The SMILES string of the molecule is O=C(C[C@H](C[N+](=O)[O-])c1ccc(Br)cc1)c1ccccn1. The van der Waals surface area contributed by atoms with Gasteiger partial charge in [0, 0.05) is 22.0 Å². The number of carbonyl (C=O) groups excluding carboxylic acids is 1. The summed E-state index contributed by atoms with van der Waals surface area (Å²) in [5.74, 6) is -0.645. The molecule has 1 aromatic heterocycles. The lowest BCUT2D eigenvalue weighted by atomic mass is 9.93. The van der Waals surface area contributed by atoms with Crippen LogP contribution in [0.25, 0.3) is 0 Å². The highest BCUT2D eigenvalue weighted by atomic mass is 79.9. The van der Waals surface area contributed by atoms with E-state index in [1.165, 1.54) is 6.20 Å². The van der Waals surface area contributed by atoms with Gasteiger partial charge in [0.2, 0.25) is 6.54 Å². The van der Waals surface area contributed by atoms with E-state index < -0.39 is 10.8 Å². The Kier molecular flexibility index (Phi) is 5.16. The lowest BCUT2D eigenvalue weighted by Gasteiger charge is -2.12. The van der Waals surface area contributed by atoms with Crippen molar-refractivity contribution in [3.63, 3.8) is 0 Å². The fourth-order valence-electron chi connectivity index (χ4n) is 2.06. The first-order valence-corrected chi connectivity index (χ1v) is 7.17. The highest BCUT2D eigenvalue weighted by molar-refractivity contribution is 9.10. The van der Waals surface area contributed by atoms with Crippen LogP contribution in [-0.2, 0) is 0 Å². The Balaban J connectivity index is 2.18. The first kappa shape index (κ1) is 15.3. The number of nitro groups is 1. The zero-order chi connectivity index (χ0) is 15.2. The molecule has 0 aliphatic rings. The first-order valence-electron chi connectivity index (χ1n) is 6.38. The second-order valence-corrected chi connectivity index (χ2v) is 5.52. The predicted octanol–water partition coefficient (Wildman–Crippen LogP) is 3.48. The number of halogens is 1. The zero-order valence-corrected chi connectivity index (χ0v) is 12.7. The summed E-state index contributed by atoms with van der Waals surface area (Å²) >= 11 is 3.32. The third kappa shape index (κ3) is 4.46. The molecule has 1 aromatic carbocycles. The Morgan fingerprint density at radius 1 is 1.24 bits per heavy atom. The van der Waals surface area contributed by atoms with Crippen molar-refractivity contribution in [3.05, 3.63) is 74.5 Å². The van der Waals surface area contributed by atoms with Crippen LogP contribution in [-0.4, -0.2) is 22.2 Å². The molecule has 1 heterocycles. The molecule has 2 rings (SSSR count). The van der Waals surface area contributed by atoms with Gasteiger partial charge in [-0.3, -0.25) is 19.9 Å². The van der Waals surface area contributed by atoms with Crippen LogP contribution in [0, 0.1) is 10.1 Å². The molecule has 21 heavy (non-hydrogen) atoms. The van der Waals surface area contributed by atoms with Gasteiger partial charge in [-0.15, -0.1) is 0 Å². The third-order valence-corrected chi connectivity index (χ3v) is 3.62. The molecule has 0 bridgehead atoms. The molecule has 0 unspecified atom stereocenters. The largest absolute Gasteiger partial charge is 0.292 e. The Labute approximate surface area is 130 Å². The van der Waals surface area contributed by atoms with Crippen molar-refractivity contribution in [3.8, 4) is 0 Å². The average Bonchev–Trinajstić information content (AvgIpc) is 2.48. The minimum Gasteiger partial charge on any atom is -0.292 e. The maximum absolute atomic E-state index is 12.2. The number of pyridine rings is 1. The monoisotopic (exact) mass is 348 g/mol. The van der Waals surface area contributed by atoms with Gasteiger partial charge in [0.1, 0.15) is 5.69 Å². The number of carbonyl (C=O) groups is 1. The minimum absolute atomic E-state index is 0.0691. The summed E-state index contributed by atoms with van der Waals surface area (Å²) in [5.41, 5.74) is 1.11. The molecular formula is C15H13BrN2O3. The van der Waals surface area contributed by atoms with Gasteiger partial charge in [-0.2, -0.15) is 0 Å². The van der Waals surface area contributed by atoms with Crippen molar-refractivity contribution in [1.82, 2.24) is 4.98 Å². The molecule has 0 spiro atoms. The summed E-state index contributed by atoms with van der Waals surface area (Å²) in [6, 6.07) is 12.3. The molecule has 0 aliphatic heterocycles. The predicted molar refractivity (Wildman–Crippen MR) is 81.9 cm³/mol. The van der Waals surface area contributed by atoms with E-state index in [1.54, 1.807) is 30.3 Å². The first-order chi connectivity index (χ1) is 10.1. The standard InChI is InChI=1S/C15H13BrN2O3/c16-13-6-4-11(5-7-13)12(10-18(20)21)9-15(19)14-3-1-2-8-17-14/h1-8,12H,9-10H2/t12-/m1/s1. The highest BCUT2D eigenvalue weighted by Gasteiger charge is 2.22. The number of benzene rings is 1. The van der Waals surface area contributed by atoms with Crippen molar-refractivity contribution < 1.29 is 9.72 Å². The quantitative estimate of drug-likeness (QED) is 0.455. The average molecular weight is 349 g/mol. The number of hydrogen-bond acceptors (Lipinski definition) is 4. The molecule has 108 valence electrons. The van der Waals surface area contributed by atoms with Gasteiger partial charge in [-0.1, -0.05) is 34.1 Å². The molecule has 0 fully saturated rings. The van der Waals surface area contributed by atoms with Crippen LogP contribution in [0.3, 0.4) is 0 Å². The molecule has 0 aliphatic carbocycles. The van der Waals surface area contributed by atoms with Crippen LogP contribution in [0.1, 0.15) is 28.4 Å². The minimum atomic E-state index is -0.456. The Bertz CT molecular complexity index is 629. The fourth-order valence-corrected chi connectivity index (χ4v) is 2.32. The van der Waals surface area contributed by atoms with Gasteiger partial charge in [0.15, 0.2) is 5.78 Å². The normalized spacial score (nSPS) is 11.9. The van der Waals surface area contributed by atoms with Gasteiger partial charge < -0.3 is 0 Å². The lowest BCUT2D eigenvalue weighted by Crippen LogP contribution is -2.17. The van der Waals surface area contributed by atoms with E-state index in [4.69, 9.17) is 0 Å². The number of nitrogens with zero attached hydrogens (tertiary/aromatic N) is 2. The van der Waals surface area contributed by atoms with Gasteiger partial charge in [0.05, 0.1) is 5.92 Å². The summed E-state index contributed by atoms with van der Waals surface area (Å²) in [7, 11) is 0. The molecular weight excluding hydrogens is 336 g/mol. The van der Waals surface area contributed by atoms with Gasteiger partial charge in [0.25, 0.3) is 0 Å². The molecule has 0 saturated carbocycles. The number of Topliss-reactive ketones (excluding diaryl/α,β-unsaturated/α-hetero) is 1. The van der Waals surface area contributed by atoms with Gasteiger partial charge in [-0.25, -0.2) is 0 Å². The number of rotatable bonds is 6. The summed E-state index contributed by atoms with van der Waals surface area (Å²) in [5, 5.41) is 10.8. The Morgan fingerprint density at radius 2 is 1.95 bits per heavy atom. The van der Waals surface area contributed by atoms with Crippen LogP contribution < -0.4 is 0 Å². The molecule has 0 saturated heterocycles. The van der Waals surface area contributed by atoms with E-state index in [9.17, 15) is 14.9 Å². The van der Waals surface area contributed by atoms with Crippen molar-refractivity contribution in [2.45, 2.75) is 12.3 Å². The van der Waals surface area contributed by atoms with E-state index in [0.29, 0.717) is 5.69 Å². The van der Waals surface area contributed by atoms with E-state index in [2.05, 4.69) is 20.9 Å². The van der Waals surface area contributed by atoms with Crippen LogP contribution in [0.4, 0.5) is 0 Å². The molecule has 0 amide bonds. The third-order valence-electron chi connectivity index (χ3n) is 3.09. The number of ketones is 1. The summed E-state index contributed by atoms with van der Waals surface area (Å²) in [6.45, 7) is -0.278. The van der Waals surface area contributed by atoms with E-state index >= 15 is 0 Å². The smallest absolute Gasteiger partial charge is 0.211 e. The molecule has 2 aromatic rings. The van der Waals surface area contributed by atoms with E-state index in [0.717, 1.165) is 10.0 Å². The lowest BCUT2D eigenvalue weighted by molar-refractivity contribution is -0.483. The summed E-state index contributed by atoms with van der Waals surface area (Å²) in [6.07, 6.45) is 1.61. The van der Waals surface area contributed by atoms with Crippen LogP contribution >= 0.6 is 15.9 Å². The maximum Gasteiger partial charge on any atom is 0.211 e. The molecule has 0 N–H and O–H groups in total. The van der Waals surface area contributed by atoms with Crippen molar-refractivity contribution in [2.75, 3.05) is 6.54 Å². The second-order valence-electron chi connectivity index (χ2n) is 4.61. The van der Waals surface area contributed by atoms with E-state index in [-0.39, 0.29) is 18.7 Å². The van der Waals surface area contributed by atoms with Gasteiger partial charge >= 0.3 is 0 Å². The molecule has 5 nitrogen and oxygen atoms in total. The maximum atomic E-state index is 12.2. The number of hydrogen-bond donors (Lipinski definition) is 0. The van der Waals surface area contributed by atoms with Crippen molar-refractivity contribution in [1.29, 1.82) is 0 Å². The zero-order valence-electron chi connectivity index (χ0n) is 11.1. The van der Waals surface area contributed by atoms with E-state index in [1.807, 2.05) is 12.1 Å². The summed E-state index contributed by atoms with van der Waals surface area (Å²) < 4.78 is 0.891. The van der Waals surface area contributed by atoms with Crippen molar-refractivity contribution in [2.24, 2.45) is 0 Å². The molecule has 0 radical (unpaired) electrons. The van der Waals surface area contributed by atoms with Crippen LogP contribution in [0.15, 0.2) is 53.1 Å². The Hall–Kier alpha value is -2.08. The topological polar surface area (TPSA) is 73.1 Å².